The standard InChI is InChI=1S/C14H10ClF3N2O4S/c1-24-11-3-2-9(25(22,23)14(16,17)18)7-10(11)20-13(21)8-4-5-19-12(15)6-8/h2-7H,1H3,(H,20,21). The van der Waals surface area contributed by atoms with E-state index in [9.17, 15) is 26.4 Å². The summed E-state index contributed by atoms with van der Waals surface area (Å²) in [5.74, 6) is -0.751. The van der Waals surface area contributed by atoms with Gasteiger partial charge in [0.1, 0.15) is 10.9 Å². The maximum absolute atomic E-state index is 12.7. The number of hydrogen-bond acceptors (Lipinski definition) is 5. The van der Waals surface area contributed by atoms with Crippen molar-refractivity contribution in [2.45, 2.75) is 10.4 Å². The Hall–Kier alpha value is -2.33. The first kappa shape index (κ1) is 19.0. The van der Waals surface area contributed by atoms with Crippen molar-refractivity contribution in [1.29, 1.82) is 0 Å². The summed E-state index contributed by atoms with van der Waals surface area (Å²) < 4.78 is 66.0. The van der Waals surface area contributed by atoms with E-state index >= 15 is 0 Å². The van der Waals surface area contributed by atoms with E-state index in [4.69, 9.17) is 16.3 Å². The van der Waals surface area contributed by atoms with E-state index in [1.54, 1.807) is 0 Å². The molecule has 0 spiro atoms. The Bertz CT molecular complexity index is 917. The van der Waals surface area contributed by atoms with Crippen molar-refractivity contribution in [1.82, 2.24) is 4.98 Å². The largest absolute Gasteiger partial charge is 0.501 e. The minimum Gasteiger partial charge on any atom is -0.495 e. The molecule has 0 saturated heterocycles. The van der Waals surface area contributed by atoms with Gasteiger partial charge in [-0.2, -0.15) is 13.2 Å². The van der Waals surface area contributed by atoms with Gasteiger partial charge < -0.3 is 10.1 Å². The lowest BCUT2D eigenvalue weighted by atomic mass is 10.2. The van der Waals surface area contributed by atoms with Crippen LogP contribution in [-0.2, 0) is 9.84 Å². The van der Waals surface area contributed by atoms with Crippen LogP contribution in [0.25, 0.3) is 0 Å². The first-order chi connectivity index (χ1) is 11.6. The van der Waals surface area contributed by atoms with Gasteiger partial charge in [-0.05, 0) is 30.3 Å². The molecule has 0 aliphatic carbocycles. The number of nitrogens with one attached hydrogen (secondary N) is 1. The second-order valence-corrected chi connectivity index (χ2v) is 6.96. The van der Waals surface area contributed by atoms with Crippen LogP contribution in [0, 0.1) is 0 Å². The molecule has 0 bridgehead atoms. The molecular formula is C14H10ClF3N2O4S. The number of pyridine rings is 1. The molecule has 0 aliphatic heterocycles. The summed E-state index contributed by atoms with van der Waals surface area (Å²) in [6.45, 7) is 0. The number of anilines is 1. The Morgan fingerprint density at radius 2 is 1.92 bits per heavy atom. The van der Waals surface area contributed by atoms with Gasteiger partial charge in [0.15, 0.2) is 0 Å². The molecule has 0 fully saturated rings. The molecular weight excluding hydrogens is 385 g/mol. The average molecular weight is 395 g/mol. The van der Waals surface area contributed by atoms with Crippen LogP contribution in [-0.4, -0.2) is 31.9 Å². The number of carbonyl (C=O) groups excluding carboxylic acids is 1. The van der Waals surface area contributed by atoms with E-state index in [1.165, 1.54) is 25.4 Å². The summed E-state index contributed by atoms with van der Waals surface area (Å²) in [7, 11) is -4.35. The van der Waals surface area contributed by atoms with E-state index in [2.05, 4.69) is 10.3 Å². The number of ether oxygens (including phenoxy) is 1. The highest BCUT2D eigenvalue weighted by molar-refractivity contribution is 7.92. The van der Waals surface area contributed by atoms with E-state index in [1.807, 2.05) is 0 Å². The van der Waals surface area contributed by atoms with Crippen molar-refractivity contribution in [2.75, 3.05) is 12.4 Å². The highest BCUT2D eigenvalue weighted by atomic mass is 35.5. The van der Waals surface area contributed by atoms with Crippen LogP contribution in [0.2, 0.25) is 5.15 Å². The summed E-state index contributed by atoms with van der Waals surface area (Å²) in [6, 6.07) is 4.97. The van der Waals surface area contributed by atoms with Gasteiger partial charge in [0.25, 0.3) is 15.7 Å². The molecule has 0 saturated carbocycles. The number of alkyl halides is 3. The second kappa shape index (κ2) is 6.89. The number of methoxy groups -OCH3 is 1. The summed E-state index contributed by atoms with van der Waals surface area (Å²) in [6.07, 6.45) is 1.26. The van der Waals surface area contributed by atoms with E-state index in [0.29, 0.717) is 6.07 Å². The van der Waals surface area contributed by atoms with Crippen LogP contribution in [0.15, 0.2) is 41.4 Å². The first-order valence-corrected chi connectivity index (χ1v) is 8.34. The quantitative estimate of drug-likeness (QED) is 0.804. The van der Waals surface area contributed by atoms with Crippen molar-refractivity contribution in [3.63, 3.8) is 0 Å². The number of rotatable bonds is 4. The summed E-state index contributed by atoms with van der Waals surface area (Å²) in [4.78, 5) is 14.8. The van der Waals surface area contributed by atoms with Crippen molar-refractivity contribution in [2.24, 2.45) is 0 Å². The second-order valence-electron chi connectivity index (χ2n) is 4.63. The van der Waals surface area contributed by atoms with Gasteiger partial charge in [-0.3, -0.25) is 4.79 Å². The predicted octanol–water partition coefficient (Wildman–Crippen LogP) is 3.29. The summed E-state index contributed by atoms with van der Waals surface area (Å²) in [5, 5.41) is 2.32. The molecule has 1 N–H and O–H groups in total. The highest BCUT2D eigenvalue weighted by Crippen LogP contribution is 2.34. The lowest BCUT2D eigenvalue weighted by Crippen LogP contribution is -2.23. The molecule has 25 heavy (non-hydrogen) atoms. The summed E-state index contributed by atoms with van der Waals surface area (Å²) in [5.41, 5.74) is -5.64. The molecule has 0 radical (unpaired) electrons. The maximum atomic E-state index is 12.7. The van der Waals surface area contributed by atoms with Crippen molar-refractivity contribution in [3.05, 3.63) is 47.2 Å². The minimum atomic E-state index is -5.57. The molecule has 1 amide bonds. The predicted molar refractivity (Wildman–Crippen MR) is 83.4 cm³/mol. The summed E-state index contributed by atoms with van der Waals surface area (Å²) >= 11 is 5.67. The van der Waals surface area contributed by atoms with E-state index in [0.717, 1.165) is 12.1 Å². The van der Waals surface area contributed by atoms with E-state index < -0.39 is 26.1 Å². The Kier molecular flexibility index (Phi) is 5.23. The zero-order valence-electron chi connectivity index (χ0n) is 12.5. The topological polar surface area (TPSA) is 85.4 Å². The van der Waals surface area contributed by atoms with Crippen molar-refractivity contribution >= 4 is 33.0 Å². The van der Waals surface area contributed by atoms with Crippen LogP contribution >= 0.6 is 11.6 Å². The highest BCUT2D eigenvalue weighted by Gasteiger charge is 2.47. The third-order valence-corrected chi connectivity index (χ3v) is 4.71. The van der Waals surface area contributed by atoms with Gasteiger partial charge in [0.2, 0.25) is 0 Å². The Morgan fingerprint density at radius 3 is 2.48 bits per heavy atom. The average Bonchev–Trinajstić information content (AvgIpc) is 2.53. The van der Waals surface area contributed by atoms with Crippen LogP contribution < -0.4 is 10.1 Å². The zero-order valence-corrected chi connectivity index (χ0v) is 14.0. The number of nitrogens with zero attached hydrogens (tertiary/aromatic N) is 1. The number of halogens is 4. The lowest BCUT2D eigenvalue weighted by molar-refractivity contribution is -0.0436. The monoisotopic (exact) mass is 394 g/mol. The molecule has 2 rings (SSSR count). The Labute approximate surface area is 145 Å². The molecule has 0 unspecified atom stereocenters. The third kappa shape index (κ3) is 4.02. The molecule has 134 valence electrons. The maximum Gasteiger partial charge on any atom is 0.501 e. The van der Waals surface area contributed by atoms with Crippen LogP contribution in [0.5, 0.6) is 5.75 Å². The van der Waals surface area contributed by atoms with Gasteiger partial charge in [-0.1, -0.05) is 11.6 Å². The molecule has 0 aliphatic rings. The van der Waals surface area contributed by atoms with Gasteiger partial charge in [-0.15, -0.1) is 0 Å². The van der Waals surface area contributed by atoms with Gasteiger partial charge in [0.05, 0.1) is 17.7 Å². The fraction of sp³-hybridized carbons (Fsp3) is 0.143. The van der Waals surface area contributed by atoms with Crippen LogP contribution in [0.1, 0.15) is 10.4 Å². The van der Waals surface area contributed by atoms with E-state index in [-0.39, 0.29) is 22.2 Å². The van der Waals surface area contributed by atoms with Crippen molar-refractivity contribution < 1.29 is 31.1 Å². The minimum absolute atomic E-state index is 0.0189. The number of hydrogen-bond donors (Lipinski definition) is 1. The fourth-order valence-corrected chi connectivity index (χ4v) is 2.79. The molecule has 0 atom stereocenters. The fourth-order valence-electron chi connectivity index (χ4n) is 1.82. The zero-order chi connectivity index (χ0) is 18.8. The molecule has 11 heteroatoms. The molecule has 1 aromatic carbocycles. The Morgan fingerprint density at radius 1 is 1.24 bits per heavy atom. The smallest absolute Gasteiger partial charge is 0.495 e. The number of aromatic nitrogens is 1. The number of carbonyl (C=O) groups is 1. The first-order valence-electron chi connectivity index (χ1n) is 6.48. The number of amides is 1. The SMILES string of the molecule is COc1ccc(S(=O)(=O)C(F)(F)F)cc1NC(=O)c1ccnc(Cl)c1. The number of sulfone groups is 1. The molecule has 6 nitrogen and oxygen atoms in total. The van der Waals surface area contributed by atoms with Crippen LogP contribution in [0.3, 0.4) is 0 Å². The lowest BCUT2D eigenvalue weighted by Gasteiger charge is -2.13. The number of benzene rings is 1. The molecule has 1 heterocycles. The Balaban J connectivity index is 2.43. The van der Waals surface area contributed by atoms with Gasteiger partial charge in [0, 0.05) is 11.8 Å². The third-order valence-electron chi connectivity index (χ3n) is 3.02. The normalized spacial score (nSPS) is 11.9. The van der Waals surface area contributed by atoms with Gasteiger partial charge >= 0.3 is 5.51 Å². The van der Waals surface area contributed by atoms with Gasteiger partial charge in [-0.25, -0.2) is 13.4 Å². The van der Waals surface area contributed by atoms with Crippen molar-refractivity contribution in [3.8, 4) is 5.75 Å². The molecule has 1 aromatic heterocycles. The van der Waals surface area contributed by atoms with Crippen LogP contribution in [0.4, 0.5) is 18.9 Å². The molecule has 2 aromatic rings.